The smallest absolute Gasteiger partial charge is 0.352 e. The molecule has 0 atom stereocenters. The van der Waals surface area contributed by atoms with Crippen molar-refractivity contribution in [3.05, 3.63) is 113 Å². The average Bonchev–Trinajstić information content (AvgIpc) is 3.35. The summed E-state index contributed by atoms with van der Waals surface area (Å²) in [5.74, 6) is -1.80. The number of aromatic amines is 1. The Morgan fingerprint density at radius 3 is 2.24 bits per heavy atom. The normalized spacial score (nSPS) is 13.6. The van der Waals surface area contributed by atoms with E-state index in [2.05, 4.69) is 10.3 Å². The molecule has 6 heteroatoms. The summed E-state index contributed by atoms with van der Waals surface area (Å²) >= 11 is 0. The van der Waals surface area contributed by atoms with Crippen molar-refractivity contribution in [1.82, 2.24) is 4.98 Å². The molecular formula is C28H20N2O4. The highest BCUT2D eigenvalue weighted by molar-refractivity contribution is 6.35. The van der Waals surface area contributed by atoms with Gasteiger partial charge in [0, 0.05) is 16.8 Å². The molecule has 0 saturated carbocycles. The first-order chi connectivity index (χ1) is 16.4. The molecule has 5 rings (SSSR count). The lowest BCUT2D eigenvalue weighted by Gasteiger charge is -2.05. The van der Waals surface area contributed by atoms with E-state index in [1.807, 2.05) is 48.5 Å². The lowest BCUT2D eigenvalue weighted by atomic mass is 9.96. The Morgan fingerprint density at radius 1 is 0.882 bits per heavy atom. The molecule has 1 amide bonds. The number of nitrogens with one attached hydrogen (secondary N) is 2. The van der Waals surface area contributed by atoms with Crippen LogP contribution < -0.4 is 5.32 Å². The number of carboxylic acids is 1. The zero-order valence-corrected chi connectivity index (χ0v) is 18.3. The lowest BCUT2D eigenvalue weighted by molar-refractivity contribution is -0.110. The van der Waals surface area contributed by atoms with Crippen molar-refractivity contribution in [3.63, 3.8) is 0 Å². The van der Waals surface area contributed by atoms with E-state index in [4.69, 9.17) is 0 Å². The van der Waals surface area contributed by atoms with E-state index >= 15 is 0 Å². The van der Waals surface area contributed by atoms with E-state index in [9.17, 15) is 19.5 Å². The van der Waals surface area contributed by atoms with Crippen LogP contribution in [-0.2, 0) is 4.79 Å². The van der Waals surface area contributed by atoms with Crippen molar-refractivity contribution in [3.8, 4) is 11.1 Å². The molecule has 1 aliphatic heterocycles. The maximum Gasteiger partial charge on any atom is 0.352 e. The summed E-state index contributed by atoms with van der Waals surface area (Å²) in [5, 5.41) is 12.5. The Morgan fingerprint density at radius 2 is 1.56 bits per heavy atom. The van der Waals surface area contributed by atoms with Gasteiger partial charge in [-0.2, -0.15) is 0 Å². The van der Waals surface area contributed by atoms with Gasteiger partial charge < -0.3 is 15.4 Å². The van der Waals surface area contributed by atoms with Crippen LogP contribution in [0.1, 0.15) is 43.2 Å². The summed E-state index contributed by atoms with van der Waals surface area (Å²) < 4.78 is 0. The summed E-state index contributed by atoms with van der Waals surface area (Å²) in [6.07, 6.45) is 1.55. The molecule has 0 unspecified atom stereocenters. The van der Waals surface area contributed by atoms with Gasteiger partial charge in [-0.25, -0.2) is 4.79 Å². The van der Waals surface area contributed by atoms with Crippen LogP contribution >= 0.6 is 0 Å². The second-order valence-corrected chi connectivity index (χ2v) is 8.05. The van der Waals surface area contributed by atoms with E-state index in [0.29, 0.717) is 28.0 Å². The third-order valence-electron chi connectivity index (χ3n) is 5.95. The fourth-order valence-electron chi connectivity index (χ4n) is 4.26. The van der Waals surface area contributed by atoms with Crippen LogP contribution in [-0.4, -0.2) is 27.8 Å². The molecule has 0 aliphatic carbocycles. The van der Waals surface area contributed by atoms with Gasteiger partial charge >= 0.3 is 5.97 Å². The number of amides is 1. The highest BCUT2D eigenvalue weighted by Gasteiger charge is 2.28. The molecule has 3 N–H and O–H groups in total. The minimum Gasteiger partial charge on any atom is -0.477 e. The number of carbonyl (C=O) groups excluding carboxylic acids is 2. The molecule has 166 valence electrons. The van der Waals surface area contributed by atoms with Crippen LogP contribution in [0.15, 0.2) is 78.9 Å². The van der Waals surface area contributed by atoms with Crippen molar-refractivity contribution in [2.45, 2.75) is 6.92 Å². The van der Waals surface area contributed by atoms with E-state index in [1.54, 1.807) is 43.3 Å². The molecular weight excluding hydrogens is 428 g/mol. The number of hydrogen-bond donors (Lipinski definition) is 3. The average molecular weight is 448 g/mol. The zero-order valence-electron chi connectivity index (χ0n) is 18.3. The van der Waals surface area contributed by atoms with E-state index in [-0.39, 0.29) is 28.6 Å². The minimum absolute atomic E-state index is 0.0795. The van der Waals surface area contributed by atoms with Gasteiger partial charge in [0.2, 0.25) is 0 Å². The molecule has 1 aromatic heterocycles. The fraction of sp³-hybridized carbons (Fsp3) is 0.0357. The number of benzene rings is 3. The van der Waals surface area contributed by atoms with Gasteiger partial charge in [-0.3, -0.25) is 9.59 Å². The van der Waals surface area contributed by atoms with Gasteiger partial charge in [-0.05, 0) is 35.8 Å². The van der Waals surface area contributed by atoms with Crippen molar-refractivity contribution >= 4 is 35.0 Å². The van der Waals surface area contributed by atoms with Crippen molar-refractivity contribution in [2.75, 3.05) is 5.32 Å². The highest BCUT2D eigenvalue weighted by atomic mass is 16.4. The Bertz CT molecular complexity index is 1480. The number of aromatic carboxylic acids is 1. The molecule has 1 aliphatic rings. The number of carbonyl (C=O) groups is 3. The van der Waals surface area contributed by atoms with Crippen LogP contribution in [0.4, 0.5) is 5.69 Å². The fourth-order valence-corrected chi connectivity index (χ4v) is 4.26. The van der Waals surface area contributed by atoms with E-state index in [1.165, 1.54) is 0 Å². The number of ketones is 1. The third kappa shape index (κ3) is 3.61. The van der Waals surface area contributed by atoms with Gasteiger partial charge in [0.1, 0.15) is 5.69 Å². The molecule has 34 heavy (non-hydrogen) atoms. The largest absolute Gasteiger partial charge is 0.477 e. The molecule has 4 aromatic rings. The topological polar surface area (TPSA) is 99.3 Å². The summed E-state index contributed by atoms with van der Waals surface area (Å²) in [7, 11) is 0. The van der Waals surface area contributed by atoms with Gasteiger partial charge in [0.15, 0.2) is 5.78 Å². The standard InChI is InChI=1S/C28H20N2O4/c1-16-24(26(31)18-10-6-3-7-11-18)23(29-25(16)28(33)34)15-21-20-13-12-19(14-22(20)30-27(21)32)17-8-4-2-5-9-17/h2-15,29H,1H3,(H,30,32)(H,33,34)/b21-15-. The van der Waals surface area contributed by atoms with Crippen LogP contribution in [0.5, 0.6) is 0 Å². The number of anilines is 1. The minimum atomic E-state index is -1.17. The van der Waals surface area contributed by atoms with Crippen LogP contribution in [0.2, 0.25) is 0 Å². The molecule has 0 bridgehead atoms. The molecule has 3 aromatic carbocycles. The SMILES string of the molecule is Cc1c(C(=O)O)[nH]c(/C=C2\C(=O)Nc3cc(-c4ccccc4)ccc32)c1C(=O)c1ccccc1. The second kappa shape index (κ2) is 8.33. The van der Waals surface area contributed by atoms with E-state index < -0.39 is 5.97 Å². The van der Waals surface area contributed by atoms with Crippen molar-refractivity contribution in [2.24, 2.45) is 0 Å². The number of fused-ring (bicyclic) bond motifs is 1. The first-order valence-corrected chi connectivity index (χ1v) is 10.7. The number of hydrogen-bond acceptors (Lipinski definition) is 3. The van der Waals surface area contributed by atoms with Gasteiger partial charge in [-0.1, -0.05) is 72.8 Å². The maximum atomic E-state index is 13.3. The summed E-state index contributed by atoms with van der Waals surface area (Å²) in [4.78, 5) is 40.8. The second-order valence-electron chi connectivity index (χ2n) is 8.05. The quantitative estimate of drug-likeness (QED) is 0.281. The summed E-state index contributed by atoms with van der Waals surface area (Å²) in [6.45, 7) is 1.59. The molecule has 0 spiro atoms. The van der Waals surface area contributed by atoms with Crippen molar-refractivity contribution in [1.29, 1.82) is 0 Å². The Balaban J connectivity index is 1.62. The number of carboxylic acid groups (broad SMARTS) is 1. The Hall–Kier alpha value is -4.71. The Kier molecular flexibility index (Phi) is 5.18. The van der Waals surface area contributed by atoms with Gasteiger partial charge in [0.25, 0.3) is 5.91 Å². The molecule has 2 heterocycles. The van der Waals surface area contributed by atoms with Crippen LogP contribution in [0, 0.1) is 6.92 Å². The first kappa shape index (κ1) is 21.2. The van der Waals surface area contributed by atoms with Gasteiger partial charge in [-0.15, -0.1) is 0 Å². The first-order valence-electron chi connectivity index (χ1n) is 10.7. The molecule has 0 fully saturated rings. The summed E-state index contributed by atoms with van der Waals surface area (Å²) in [6, 6.07) is 24.2. The predicted octanol–water partition coefficient (Wildman–Crippen LogP) is 5.41. The number of rotatable bonds is 5. The Labute approximate surface area is 195 Å². The number of H-pyrrole nitrogens is 1. The van der Waals surface area contributed by atoms with E-state index in [0.717, 1.165) is 11.1 Å². The lowest BCUT2D eigenvalue weighted by Crippen LogP contribution is -2.06. The van der Waals surface area contributed by atoms with Gasteiger partial charge in [0.05, 0.1) is 16.8 Å². The molecule has 0 saturated heterocycles. The highest BCUT2D eigenvalue weighted by Crippen LogP contribution is 2.37. The number of aromatic nitrogens is 1. The van der Waals surface area contributed by atoms with Crippen LogP contribution in [0.25, 0.3) is 22.8 Å². The maximum absolute atomic E-state index is 13.3. The zero-order chi connectivity index (χ0) is 23.8. The predicted molar refractivity (Wildman–Crippen MR) is 131 cm³/mol. The monoisotopic (exact) mass is 448 g/mol. The van der Waals surface area contributed by atoms with Crippen LogP contribution in [0.3, 0.4) is 0 Å². The van der Waals surface area contributed by atoms with Crippen molar-refractivity contribution < 1.29 is 19.5 Å². The summed E-state index contributed by atoms with van der Waals surface area (Å²) in [5.41, 5.74) is 4.90. The third-order valence-corrected chi connectivity index (χ3v) is 5.95. The molecule has 6 nitrogen and oxygen atoms in total. The molecule has 0 radical (unpaired) electrons.